The summed E-state index contributed by atoms with van der Waals surface area (Å²) in [4.78, 5) is 25.0. The van der Waals surface area contributed by atoms with Gasteiger partial charge in [0, 0.05) is 16.7 Å². The third-order valence-corrected chi connectivity index (χ3v) is 4.36. The maximum Gasteiger partial charge on any atom is 0.337 e. The topological polar surface area (TPSA) is 69.6 Å². The van der Waals surface area contributed by atoms with Crippen LogP contribution < -0.4 is 5.32 Å². The molecule has 0 aromatic heterocycles. The Morgan fingerprint density at radius 2 is 2.10 bits per heavy atom. The van der Waals surface area contributed by atoms with Crippen LogP contribution in [0.25, 0.3) is 0 Å². The van der Waals surface area contributed by atoms with Gasteiger partial charge in [-0.15, -0.1) is 0 Å². The molecule has 0 bridgehead atoms. The Morgan fingerprint density at radius 3 is 2.65 bits per heavy atom. The number of urea groups is 1. The number of amides is 2. The molecule has 6 heteroatoms. The summed E-state index contributed by atoms with van der Waals surface area (Å²) in [5, 5.41) is 11.9. The quantitative estimate of drug-likeness (QED) is 0.779. The average molecular weight is 388 g/mol. The minimum atomic E-state index is -1.04. The van der Waals surface area contributed by atoms with E-state index in [2.05, 4.69) is 5.32 Å². The number of nitrogens with one attached hydrogen (secondary N) is 1. The molecule has 1 aliphatic rings. The summed E-state index contributed by atoms with van der Waals surface area (Å²) in [6.07, 6.45) is 2.31. The smallest absolute Gasteiger partial charge is 0.337 e. The Morgan fingerprint density at radius 1 is 1.45 bits per heavy atom. The molecule has 1 unspecified atom stereocenters. The van der Waals surface area contributed by atoms with Gasteiger partial charge in [0.2, 0.25) is 0 Å². The van der Waals surface area contributed by atoms with Gasteiger partial charge in [0.25, 0.3) is 0 Å². The van der Waals surface area contributed by atoms with Crippen LogP contribution in [0.1, 0.15) is 30.1 Å². The summed E-state index contributed by atoms with van der Waals surface area (Å²) in [5.41, 5.74) is 0.440. The summed E-state index contributed by atoms with van der Waals surface area (Å²) in [5.74, 6) is -0.474. The Labute approximate surface area is 131 Å². The van der Waals surface area contributed by atoms with Crippen molar-refractivity contribution in [2.24, 2.45) is 5.92 Å². The number of halogens is 1. The number of carbonyl (C=O) groups excluding carboxylic acids is 1. The third kappa shape index (κ3) is 3.41. The molecule has 1 saturated carbocycles. The summed E-state index contributed by atoms with van der Waals surface area (Å²) < 4.78 is 0.817. The van der Waals surface area contributed by atoms with Crippen molar-refractivity contribution in [1.29, 1.82) is 0 Å². The van der Waals surface area contributed by atoms with E-state index in [1.54, 1.807) is 30.1 Å². The van der Waals surface area contributed by atoms with Crippen LogP contribution in [0, 0.1) is 9.49 Å². The maximum atomic E-state index is 12.2. The van der Waals surface area contributed by atoms with Gasteiger partial charge < -0.3 is 15.3 Å². The second-order valence-corrected chi connectivity index (χ2v) is 6.36. The van der Waals surface area contributed by atoms with Crippen LogP contribution in [0.3, 0.4) is 0 Å². The van der Waals surface area contributed by atoms with E-state index in [-0.39, 0.29) is 17.6 Å². The van der Waals surface area contributed by atoms with Gasteiger partial charge in [0.1, 0.15) is 0 Å². The largest absolute Gasteiger partial charge is 0.478 e. The molecule has 1 aromatic carbocycles. The molecule has 0 spiro atoms. The van der Waals surface area contributed by atoms with E-state index in [0.29, 0.717) is 11.6 Å². The van der Waals surface area contributed by atoms with Gasteiger partial charge in [-0.1, -0.05) is 0 Å². The summed E-state index contributed by atoms with van der Waals surface area (Å²) in [6, 6.07) is 4.84. The van der Waals surface area contributed by atoms with Crippen LogP contribution in [0.2, 0.25) is 0 Å². The van der Waals surface area contributed by atoms with E-state index in [1.165, 1.54) is 0 Å². The van der Waals surface area contributed by atoms with Gasteiger partial charge in [0.05, 0.1) is 11.3 Å². The van der Waals surface area contributed by atoms with E-state index in [0.717, 1.165) is 16.4 Å². The Bertz CT molecular complexity index is 543. The highest BCUT2D eigenvalue weighted by atomic mass is 127. The molecule has 1 aliphatic carbocycles. The normalized spacial score (nSPS) is 15.6. The van der Waals surface area contributed by atoms with Gasteiger partial charge in [-0.25, -0.2) is 9.59 Å². The lowest BCUT2D eigenvalue weighted by Crippen LogP contribution is -2.39. The van der Waals surface area contributed by atoms with Gasteiger partial charge in [-0.2, -0.15) is 0 Å². The van der Waals surface area contributed by atoms with Gasteiger partial charge in [-0.3, -0.25) is 0 Å². The number of benzene rings is 1. The minimum Gasteiger partial charge on any atom is -0.478 e. The molecule has 108 valence electrons. The number of nitrogens with zero attached hydrogens (tertiary/aromatic N) is 1. The van der Waals surface area contributed by atoms with Crippen LogP contribution in [0.4, 0.5) is 10.5 Å². The zero-order chi connectivity index (χ0) is 14.9. The molecule has 1 fully saturated rings. The minimum absolute atomic E-state index is 0.109. The van der Waals surface area contributed by atoms with Gasteiger partial charge >= 0.3 is 12.0 Å². The fourth-order valence-electron chi connectivity index (χ4n) is 2.09. The van der Waals surface area contributed by atoms with Crippen LogP contribution in [-0.4, -0.2) is 35.1 Å². The second-order valence-electron chi connectivity index (χ2n) is 5.11. The molecule has 1 atom stereocenters. The summed E-state index contributed by atoms with van der Waals surface area (Å²) in [6.45, 7) is 2.02. The number of hydrogen-bond donors (Lipinski definition) is 2. The number of rotatable bonds is 4. The number of aromatic carboxylic acids is 1. The van der Waals surface area contributed by atoms with Crippen LogP contribution in [-0.2, 0) is 0 Å². The van der Waals surface area contributed by atoms with Crippen molar-refractivity contribution >= 4 is 40.3 Å². The van der Waals surface area contributed by atoms with Gasteiger partial charge in [-0.05, 0) is 66.5 Å². The SMILES string of the molecule is CC(C1CC1)N(C)C(=O)Nc1ccc(I)cc1C(=O)O. The first-order valence-electron chi connectivity index (χ1n) is 6.47. The van der Waals surface area contributed by atoms with E-state index in [9.17, 15) is 14.7 Å². The molecule has 0 saturated heterocycles. The number of hydrogen-bond acceptors (Lipinski definition) is 2. The maximum absolute atomic E-state index is 12.2. The van der Waals surface area contributed by atoms with Crippen molar-refractivity contribution in [2.45, 2.75) is 25.8 Å². The summed E-state index contributed by atoms with van der Waals surface area (Å²) >= 11 is 2.04. The first-order valence-corrected chi connectivity index (χ1v) is 7.54. The number of carboxylic acids is 1. The van der Waals surface area contributed by atoms with E-state index in [1.807, 2.05) is 29.5 Å². The molecule has 0 radical (unpaired) electrons. The van der Waals surface area contributed by atoms with Gasteiger partial charge in [0.15, 0.2) is 0 Å². The molecule has 2 N–H and O–H groups in total. The fraction of sp³-hybridized carbons (Fsp3) is 0.429. The second kappa shape index (κ2) is 5.99. The number of anilines is 1. The molecular weight excluding hydrogens is 371 g/mol. The highest BCUT2D eigenvalue weighted by molar-refractivity contribution is 14.1. The van der Waals surface area contributed by atoms with Crippen molar-refractivity contribution in [2.75, 3.05) is 12.4 Å². The molecule has 2 rings (SSSR count). The zero-order valence-corrected chi connectivity index (χ0v) is 13.5. The highest BCUT2D eigenvalue weighted by Gasteiger charge is 2.32. The van der Waals surface area contributed by atoms with Crippen molar-refractivity contribution in [1.82, 2.24) is 4.90 Å². The fourth-order valence-corrected chi connectivity index (χ4v) is 2.58. The Balaban J connectivity index is 2.12. The molecule has 2 amide bonds. The molecule has 0 heterocycles. The highest BCUT2D eigenvalue weighted by Crippen LogP contribution is 2.34. The molecular formula is C14H17IN2O3. The van der Waals surface area contributed by atoms with E-state index in [4.69, 9.17) is 0 Å². The van der Waals surface area contributed by atoms with Crippen molar-refractivity contribution in [3.8, 4) is 0 Å². The monoisotopic (exact) mass is 388 g/mol. The predicted octanol–water partition coefficient (Wildman–Crippen LogP) is 3.25. The van der Waals surface area contributed by atoms with Crippen LogP contribution in [0.5, 0.6) is 0 Å². The number of carbonyl (C=O) groups is 2. The zero-order valence-electron chi connectivity index (χ0n) is 11.4. The molecule has 1 aromatic rings. The van der Waals surface area contributed by atoms with Crippen LogP contribution >= 0.6 is 22.6 Å². The van der Waals surface area contributed by atoms with Crippen molar-refractivity contribution in [3.63, 3.8) is 0 Å². The average Bonchev–Trinajstić information content (AvgIpc) is 3.23. The van der Waals surface area contributed by atoms with Crippen LogP contribution in [0.15, 0.2) is 18.2 Å². The molecule has 0 aliphatic heterocycles. The molecule has 20 heavy (non-hydrogen) atoms. The predicted molar refractivity (Wildman–Crippen MR) is 85.1 cm³/mol. The van der Waals surface area contributed by atoms with E-state index < -0.39 is 5.97 Å². The lowest BCUT2D eigenvalue weighted by atomic mass is 10.1. The first-order chi connectivity index (χ1) is 9.40. The Hall–Kier alpha value is -1.31. The number of carboxylic acid groups (broad SMARTS) is 1. The van der Waals surface area contributed by atoms with Crippen molar-refractivity contribution in [3.05, 3.63) is 27.3 Å². The first kappa shape index (κ1) is 15.1. The standard InChI is InChI=1S/C14H17IN2O3/c1-8(9-3-4-9)17(2)14(20)16-12-6-5-10(15)7-11(12)13(18)19/h5-9H,3-4H2,1-2H3,(H,16,20)(H,18,19). The summed E-state index contributed by atoms with van der Waals surface area (Å²) in [7, 11) is 1.74. The van der Waals surface area contributed by atoms with E-state index >= 15 is 0 Å². The van der Waals surface area contributed by atoms with Crippen molar-refractivity contribution < 1.29 is 14.7 Å². The third-order valence-electron chi connectivity index (χ3n) is 3.69. The lowest BCUT2D eigenvalue weighted by Gasteiger charge is -2.25. The molecule has 5 nitrogen and oxygen atoms in total. The Kier molecular flexibility index (Phi) is 4.52. The lowest BCUT2D eigenvalue weighted by molar-refractivity contribution is 0.0698.